The summed E-state index contributed by atoms with van der Waals surface area (Å²) < 4.78 is 5.09. The van der Waals surface area contributed by atoms with Crippen molar-refractivity contribution in [3.05, 3.63) is 71.8 Å². The predicted octanol–water partition coefficient (Wildman–Crippen LogP) is 2.71. The first-order valence-electron chi connectivity index (χ1n) is 8.51. The Morgan fingerprint density at radius 2 is 1.67 bits per heavy atom. The number of phenols is 1. The van der Waals surface area contributed by atoms with E-state index in [4.69, 9.17) is 4.74 Å². The summed E-state index contributed by atoms with van der Waals surface area (Å²) >= 11 is 0. The van der Waals surface area contributed by atoms with Crippen molar-refractivity contribution in [3.8, 4) is 11.5 Å². The third-order valence-electron chi connectivity index (χ3n) is 4.17. The van der Waals surface area contributed by atoms with Crippen LogP contribution in [0.25, 0.3) is 10.8 Å². The second-order valence-electron chi connectivity index (χ2n) is 5.93. The Hall–Kier alpha value is -3.54. The lowest BCUT2D eigenvalue weighted by molar-refractivity contribution is 0.0926. The van der Waals surface area contributed by atoms with Crippen molar-refractivity contribution in [2.24, 2.45) is 0 Å². The molecule has 2 amide bonds. The molecule has 3 rings (SSSR count). The van der Waals surface area contributed by atoms with Gasteiger partial charge in [-0.2, -0.15) is 0 Å². The number of ether oxygens (including phenoxy) is 1. The second kappa shape index (κ2) is 8.23. The highest BCUT2D eigenvalue weighted by Crippen LogP contribution is 2.28. The van der Waals surface area contributed by atoms with E-state index in [1.54, 1.807) is 48.5 Å². The van der Waals surface area contributed by atoms with E-state index in [9.17, 15) is 14.7 Å². The van der Waals surface area contributed by atoms with E-state index in [1.165, 1.54) is 7.11 Å². The van der Waals surface area contributed by atoms with E-state index in [0.717, 1.165) is 5.39 Å². The van der Waals surface area contributed by atoms with Crippen molar-refractivity contribution in [1.29, 1.82) is 0 Å². The molecule has 0 heterocycles. The number of aromatic hydroxyl groups is 1. The second-order valence-corrected chi connectivity index (χ2v) is 5.93. The van der Waals surface area contributed by atoms with Gasteiger partial charge in [0.1, 0.15) is 11.5 Å². The number of carbonyl (C=O) groups excluding carboxylic acids is 2. The molecular weight excluding hydrogens is 344 g/mol. The molecule has 0 spiro atoms. The number of rotatable bonds is 6. The van der Waals surface area contributed by atoms with Gasteiger partial charge in [0.05, 0.1) is 12.7 Å². The van der Waals surface area contributed by atoms with Crippen LogP contribution in [0.2, 0.25) is 0 Å². The number of fused-ring (bicyclic) bond motifs is 1. The molecule has 0 aliphatic heterocycles. The molecule has 138 valence electrons. The number of hydrogen-bond donors (Lipinski definition) is 3. The van der Waals surface area contributed by atoms with E-state index in [-0.39, 0.29) is 30.3 Å². The van der Waals surface area contributed by atoms with Crippen LogP contribution in [0, 0.1) is 0 Å². The van der Waals surface area contributed by atoms with Crippen molar-refractivity contribution in [3.63, 3.8) is 0 Å². The number of hydrogen-bond acceptors (Lipinski definition) is 4. The average molecular weight is 364 g/mol. The highest BCUT2D eigenvalue weighted by Gasteiger charge is 2.13. The Morgan fingerprint density at radius 1 is 0.926 bits per heavy atom. The van der Waals surface area contributed by atoms with Gasteiger partial charge in [0.25, 0.3) is 11.8 Å². The summed E-state index contributed by atoms with van der Waals surface area (Å²) in [6.45, 7) is 0.497. The zero-order valence-corrected chi connectivity index (χ0v) is 14.9. The summed E-state index contributed by atoms with van der Waals surface area (Å²) in [5.41, 5.74) is 0.681. The van der Waals surface area contributed by atoms with Gasteiger partial charge in [-0.15, -0.1) is 0 Å². The van der Waals surface area contributed by atoms with Crippen LogP contribution in [0.15, 0.2) is 60.7 Å². The number of phenolic OH excluding ortho intramolecular Hbond substituents is 1. The first-order chi connectivity index (χ1) is 13.1. The molecule has 6 heteroatoms. The van der Waals surface area contributed by atoms with Crippen LogP contribution >= 0.6 is 0 Å². The number of nitrogens with one attached hydrogen (secondary N) is 2. The lowest BCUT2D eigenvalue weighted by Gasteiger charge is -2.10. The van der Waals surface area contributed by atoms with Crippen molar-refractivity contribution in [1.82, 2.24) is 10.6 Å². The smallest absolute Gasteiger partial charge is 0.255 e. The molecule has 27 heavy (non-hydrogen) atoms. The van der Waals surface area contributed by atoms with Gasteiger partial charge in [-0.3, -0.25) is 9.59 Å². The summed E-state index contributed by atoms with van der Waals surface area (Å²) in [6, 6.07) is 17.5. The third-order valence-corrected chi connectivity index (χ3v) is 4.17. The van der Waals surface area contributed by atoms with E-state index >= 15 is 0 Å². The maximum atomic E-state index is 12.3. The molecule has 0 aromatic heterocycles. The van der Waals surface area contributed by atoms with Crippen molar-refractivity contribution >= 4 is 22.6 Å². The standard InChI is InChI=1S/C21H20N2O4/c1-27-16-7-4-6-15(13-16)20(25)22-11-12-23-21(26)18-10-9-14-5-2-3-8-17(14)19(18)24/h2-10,13,24H,11-12H2,1H3,(H,22,25)(H,23,26). The van der Waals surface area contributed by atoms with Crippen LogP contribution in [-0.4, -0.2) is 37.1 Å². The molecule has 0 saturated carbocycles. The summed E-state index contributed by atoms with van der Waals surface area (Å²) in [7, 11) is 1.54. The topological polar surface area (TPSA) is 87.7 Å². The molecule has 3 aromatic carbocycles. The first-order valence-corrected chi connectivity index (χ1v) is 8.51. The lowest BCUT2D eigenvalue weighted by Crippen LogP contribution is -2.34. The molecule has 3 N–H and O–H groups in total. The third kappa shape index (κ3) is 4.17. The first kappa shape index (κ1) is 18.3. The number of benzene rings is 3. The lowest BCUT2D eigenvalue weighted by atomic mass is 10.0. The minimum absolute atomic E-state index is 0.0500. The van der Waals surface area contributed by atoms with Crippen molar-refractivity contribution < 1.29 is 19.4 Å². The minimum Gasteiger partial charge on any atom is -0.506 e. The molecule has 3 aromatic rings. The number of amides is 2. The Bertz CT molecular complexity index is 985. The quantitative estimate of drug-likeness (QED) is 0.587. The van der Waals surface area contributed by atoms with Gasteiger partial charge >= 0.3 is 0 Å². The SMILES string of the molecule is COc1cccc(C(=O)NCCNC(=O)c2ccc3ccccc3c2O)c1. The number of carbonyl (C=O) groups is 2. The highest BCUT2D eigenvalue weighted by atomic mass is 16.5. The Balaban J connectivity index is 1.55. The van der Waals surface area contributed by atoms with Gasteiger partial charge in [-0.25, -0.2) is 0 Å². The number of methoxy groups -OCH3 is 1. The van der Waals surface area contributed by atoms with Crippen LogP contribution in [0.1, 0.15) is 20.7 Å². The molecule has 0 unspecified atom stereocenters. The summed E-state index contributed by atoms with van der Waals surface area (Å²) in [5.74, 6) is -0.0978. The van der Waals surface area contributed by atoms with Gasteiger partial charge in [0, 0.05) is 24.0 Å². The summed E-state index contributed by atoms with van der Waals surface area (Å²) in [6.07, 6.45) is 0. The molecular formula is C21H20N2O4. The minimum atomic E-state index is -0.395. The molecule has 0 bridgehead atoms. The monoisotopic (exact) mass is 364 g/mol. The molecule has 0 radical (unpaired) electrons. The summed E-state index contributed by atoms with van der Waals surface area (Å²) in [4.78, 5) is 24.4. The maximum absolute atomic E-state index is 12.3. The van der Waals surface area contributed by atoms with E-state index in [2.05, 4.69) is 10.6 Å². The van der Waals surface area contributed by atoms with Crippen LogP contribution in [0.4, 0.5) is 0 Å². The fourth-order valence-corrected chi connectivity index (χ4v) is 2.75. The predicted molar refractivity (Wildman–Crippen MR) is 103 cm³/mol. The zero-order chi connectivity index (χ0) is 19.2. The highest BCUT2D eigenvalue weighted by molar-refractivity contribution is 6.03. The molecule has 0 fully saturated rings. The van der Waals surface area contributed by atoms with Crippen LogP contribution in [-0.2, 0) is 0 Å². The molecule has 0 atom stereocenters. The van der Waals surface area contributed by atoms with Crippen molar-refractivity contribution in [2.45, 2.75) is 0 Å². The van der Waals surface area contributed by atoms with E-state index in [1.807, 2.05) is 12.1 Å². The van der Waals surface area contributed by atoms with Gasteiger partial charge in [0.15, 0.2) is 0 Å². The normalized spacial score (nSPS) is 10.4. The molecule has 6 nitrogen and oxygen atoms in total. The van der Waals surface area contributed by atoms with Gasteiger partial charge in [0.2, 0.25) is 0 Å². The van der Waals surface area contributed by atoms with Crippen LogP contribution < -0.4 is 15.4 Å². The largest absolute Gasteiger partial charge is 0.506 e. The Labute approximate surface area is 156 Å². The van der Waals surface area contributed by atoms with Crippen molar-refractivity contribution in [2.75, 3.05) is 20.2 Å². The zero-order valence-electron chi connectivity index (χ0n) is 14.9. The van der Waals surface area contributed by atoms with Gasteiger partial charge < -0.3 is 20.5 Å². The fraction of sp³-hybridized carbons (Fsp3) is 0.143. The fourth-order valence-electron chi connectivity index (χ4n) is 2.75. The van der Waals surface area contributed by atoms with Gasteiger partial charge in [-0.1, -0.05) is 36.4 Å². The maximum Gasteiger partial charge on any atom is 0.255 e. The Morgan fingerprint density at radius 3 is 2.44 bits per heavy atom. The molecule has 0 aliphatic carbocycles. The van der Waals surface area contributed by atoms with E-state index in [0.29, 0.717) is 16.7 Å². The van der Waals surface area contributed by atoms with Crippen LogP contribution in [0.3, 0.4) is 0 Å². The average Bonchev–Trinajstić information content (AvgIpc) is 2.71. The molecule has 0 aliphatic rings. The van der Waals surface area contributed by atoms with Gasteiger partial charge in [-0.05, 0) is 29.7 Å². The van der Waals surface area contributed by atoms with Crippen LogP contribution in [0.5, 0.6) is 11.5 Å². The molecule has 0 saturated heterocycles. The van der Waals surface area contributed by atoms with E-state index < -0.39 is 5.91 Å². The summed E-state index contributed by atoms with van der Waals surface area (Å²) in [5, 5.41) is 17.2. The Kier molecular flexibility index (Phi) is 5.56.